The van der Waals surface area contributed by atoms with Crippen molar-refractivity contribution in [3.8, 4) is 0 Å². The first kappa shape index (κ1) is 12.8. The van der Waals surface area contributed by atoms with Crippen LogP contribution in [0.15, 0.2) is 24.3 Å². The number of amides is 2. The first-order valence-corrected chi connectivity index (χ1v) is 6.54. The molecule has 2 rings (SSSR count). The van der Waals surface area contributed by atoms with Gasteiger partial charge < -0.3 is 16.0 Å². The lowest BCUT2D eigenvalue weighted by Gasteiger charge is -2.27. The number of nitrogens with two attached hydrogens (primary N) is 1. The Labute approximate surface area is 112 Å². The van der Waals surface area contributed by atoms with Gasteiger partial charge in [-0.1, -0.05) is 24.4 Å². The molecule has 4 nitrogen and oxygen atoms in total. The van der Waals surface area contributed by atoms with E-state index >= 15 is 0 Å². The number of nitrogens with one attached hydrogen (secondary N) is 1. The van der Waals surface area contributed by atoms with E-state index < -0.39 is 0 Å². The molecule has 5 heteroatoms. The van der Waals surface area contributed by atoms with Crippen molar-refractivity contribution >= 4 is 28.9 Å². The molecule has 1 fully saturated rings. The fraction of sp³-hybridized carbons (Fsp3) is 0.385. The van der Waals surface area contributed by atoms with Gasteiger partial charge in [-0.05, 0) is 31.4 Å². The van der Waals surface area contributed by atoms with E-state index in [1.807, 2.05) is 29.2 Å². The van der Waals surface area contributed by atoms with E-state index in [9.17, 15) is 4.79 Å². The van der Waals surface area contributed by atoms with Gasteiger partial charge in [-0.15, -0.1) is 0 Å². The van der Waals surface area contributed by atoms with Crippen molar-refractivity contribution in [3.05, 3.63) is 29.8 Å². The highest BCUT2D eigenvalue weighted by atomic mass is 32.1. The van der Waals surface area contributed by atoms with Gasteiger partial charge in [0.25, 0.3) is 0 Å². The van der Waals surface area contributed by atoms with E-state index in [1.165, 1.54) is 6.42 Å². The zero-order valence-electron chi connectivity index (χ0n) is 10.2. The Morgan fingerprint density at radius 3 is 2.56 bits per heavy atom. The molecular formula is C13H17N3OS. The average Bonchev–Trinajstić information content (AvgIpc) is 2.40. The third-order valence-electron chi connectivity index (χ3n) is 3.08. The summed E-state index contributed by atoms with van der Waals surface area (Å²) in [6.07, 6.45) is 3.35. The van der Waals surface area contributed by atoms with Crippen LogP contribution >= 0.6 is 12.2 Å². The number of urea groups is 1. The molecule has 1 aromatic rings. The third kappa shape index (κ3) is 2.98. The van der Waals surface area contributed by atoms with E-state index in [-0.39, 0.29) is 6.03 Å². The van der Waals surface area contributed by atoms with Crippen molar-refractivity contribution in [2.75, 3.05) is 18.4 Å². The van der Waals surface area contributed by atoms with Gasteiger partial charge in [0.15, 0.2) is 0 Å². The number of carbonyl (C=O) groups excluding carboxylic acids is 1. The summed E-state index contributed by atoms with van der Waals surface area (Å²) in [5.41, 5.74) is 7.02. The highest BCUT2D eigenvalue weighted by Gasteiger charge is 2.17. The summed E-state index contributed by atoms with van der Waals surface area (Å²) in [6, 6.07) is 7.27. The van der Waals surface area contributed by atoms with Crippen molar-refractivity contribution in [1.82, 2.24) is 4.90 Å². The summed E-state index contributed by atoms with van der Waals surface area (Å²) in [7, 11) is 0. The van der Waals surface area contributed by atoms with Gasteiger partial charge in [0.1, 0.15) is 4.99 Å². The molecule has 0 aliphatic carbocycles. The fourth-order valence-electron chi connectivity index (χ4n) is 2.10. The maximum Gasteiger partial charge on any atom is 0.321 e. The molecule has 1 aliphatic rings. The molecule has 96 valence electrons. The van der Waals surface area contributed by atoms with Crippen LogP contribution in [0.4, 0.5) is 10.5 Å². The second kappa shape index (κ2) is 5.82. The molecule has 1 saturated heterocycles. The smallest absolute Gasteiger partial charge is 0.321 e. The van der Waals surface area contributed by atoms with Crippen LogP contribution in [0.5, 0.6) is 0 Å². The SMILES string of the molecule is NC(=S)c1ccccc1NC(=O)N1CCCCC1. The molecular weight excluding hydrogens is 246 g/mol. The topological polar surface area (TPSA) is 58.4 Å². The lowest BCUT2D eigenvalue weighted by Crippen LogP contribution is -2.39. The molecule has 1 heterocycles. The number of anilines is 1. The number of hydrogen-bond acceptors (Lipinski definition) is 2. The monoisotopic (exact) mass is 263 g/mol. The highest BCUT2D eigenvalue weighted by molar-refractivity contribution is 7.80. The summed E-state index contributed by atoms with van der Waals surface area (Å²) in [4.78, 5) is 14.2. The quantitative estimate of drug-likeness (QED) is 0.805. The summed E-state index contributed by atoms with van der Waals surface area (Å²) < 4.78 is 0. The van der Waals surface area contributed by atoms with Crippen LogP contribution in [0.2, 0.25) is 0 Å². The zero-order chi connectivity index (χ0) is 13.0. The first-order chi connectivity index (χ1) is 8.68. The van der Waals surface area contributed by atoms with Crippen molar-refractivity contribution in [2.24, 2.45) is 5.73 Å². The number of hydrogen-bond donors (Lipinski definition) is 2. The Kier molecular flexibility index (Phi) is 4.15. The molecule has 0 radical (unpaired) electrons. The maximum absolute atomic E-state index is 12.1. The number of carbonyl (C=O) groups is 1. The van der Waals surface area contributed by atoms with Crippen molar-refractivity contribution < 1.29 is 4.79 Å². The first-order valence-electron chi connectivity index (χ1n) is 6.13. The summed E-state index contributed by atoms with van der Waals surface area (Å²) in [6.45, 7) is 1.64. The second-order valence-corrected chi connectivity index (χ2v) is 4.83. The molecule has 0 spiro atoms. The number of thiocarbonyl (C=S) groups is 1. The Balaban J connectivity index is 2.08. The Morgan fingerprint density at radius 1 is 1.22 bits per heavy atom. The van der Waals surface area contributed by atoms with Crippen molar-refractivity contribution in [3.63, 3.8) is 0 Å². The summed E-state index contributed by atoms with van der Waals surface area (Å²) in [5.74, 6) is 0. The predicted octanol–water partition coefficient (Wildman–Crippen LogP) is 2.34. The van der Waals surface area contributed by atoms with Gasteiger partial charge in [-0.2, -0.15) is 0 Å². The lowest BCUT2D eigenvalue weighted by atomic mass is 10.1. The van der Waals surface area contributed by atoms with Gasteiger partial charge in [0.2, 0.25) is 0 Å². The molecule has 0 atom stereocenters. The predicted molar refractivity (Wildman–Crippen MR) is 76.8 cm³/mol. The largest absolute Gasteiger partial charge is 0.389 e. The Bertz CT molecular complexity index is 455. The van der Waals surface area contributed by atoms with Gasteiger partial charge in [-0.3, -0.25) is 0 Å². The summed E-state index contributed by atoms with van der Waals surface area (Å²) in [5, 5.41) is 2.88. The minimum absolute atomic E-state index is 0.0709. The number of benzene rings is 1. The normalized spacial score (nSPS) is 15.2. The molecule has 2 amide bonds. The molecule has 0 saturated carbocycles. The van der Waals surface area contributed by atoms with E-state index in [2.05, 4.69) is 5.32 Å². The number of rotatable bonds is 2. The number of para-hydroxylation sites is 1. The van der Waals surface area contributed by atoms with Crippen LogP contribution in [0.3, 0.4) is 0 Å². The van der Waals surface area contributed by atoms with E-state index in [0.717, 1.165) is 25.9 Å². The fourth-order valence-corrected chi connectivity index (χ4v) is 2.28. The van der Waals surface area contributed by atoms with Crippen LogP contribution in [0, 0.1) is 0 Å². The van der Waals surface area contributed by atoms with Crippen LogP contribution in [-0.2, 0) is 0 Å². The van der Waals surface area contributed by atoms with Gasteiger partial charge in [0, 0.05) is 18.7 Å². The minimum Gasteiger partial charge on any atom is -0.389 e. The number of nitrogens with zero attached hydrogens (tertiary/aromatic N) is 1. The van der Waals surface area contributed by atoms with Crippen molar-refractivity contribution in [2.45, 2.75) is 19.3 Å². The van der Waals surface area contributed by atoms with E-state index in [4.69, 9.17) is 18.0 Å². The lowest BCUT2D eigenvalue weighted by molar-refractivity contribution is 0.200. The van der Waals surface area contributed by atoms with Crippen molar-refractivity contribution in [1.29, 1.82) is 0 Å². The number of likely N-dealkylation sites (tertiary alicyclic amines) is 1. The molecule has 0 unspecified atom stereocenters. The van der Waals surface area contributed by atoms with E-state index in [1.54, 1.807) is 0 Å². The van der Waals surface area contributed by atoms with Gasteiger partial charge in [-0.25, -0.2) is 4.79 Å². The molecule has 3 N–H and O–H groups in total. The Morgan fingerprint density at radius 2 is 1.89 bits per heavy atom. The maximum atomic E-state index is 12.1. The van der Waals surface area contributed by atoms with Crippen LogP contribution in [0.25, 0.3) is 0 Å². The zero-order valence-corrected chi connectivity index (χ0v) is 11.0. The summed E-state index contributed by atoms with van der Waals surface area (Å²) >= 11 is 4.97. The van der Waals surface area contributed by atoms with Gasteiger partial charge in [0.05, 0.1) is 5.69 Å². The van der Waals surface area contributed by atoms with Crippen LogP contribution in [-0.4, -0.2) is 29.0 Å². The van der Waals surface area contributed by atoms with E-state index in [0.29, 0.717) is 16.2 Å². The Hall–Kier alpha value is -1.62. The average molecular weight is 263 g/mol. The molecule has 1 aliphatic heterocycles. The molecule has 0 bridgehead atoms. The number of piperidine rings is 1. The molecule has 1 aromatic carbocycles. The van der Waals surface area contributed by atoms with Gasteiger partial charge >= 0.3 is 6.03 Å². The standard InChI is InChI=1S/C13H17N3OS/c14-12(18)10-6-2-3-7-11(10)15-13(17)16-8-4-1-5-9-16/h2-3,6-7H,1,4-5,8-9H2,(H2,14,18)(H,15,17). The molecule has 18 heavy (non-hydrogen) atoms. The minimum atomic E-state index is -0.0709. The van der Waals surface area contributed by atoms with Crippen LogP contribution < -0.4 is 11.1 Å². The molecule has 0 aromatic heterocycles. The third-order valence-corrected chi connectivity index (χ3v) is 3.30. The highest BCUT2D eigenvalue weighted by Crippen LogP contribution is 2.17. The van der Waals surface area contributed by atoms with Crippen LogP contribution in [0.1, 0.15) is 24.8 Å². The second-order valence-electron chi connectivity index (χ2n) is 4.39.